The zero-order valence-electron chi connectivity index (χ0n) is 9.42. The second kappa shape index (κ2) is 6.45. The molecule has 0 aliphatic rings. The van der Waals surface area contributed by atoms with Crippen LogP contribution < -0.4 is 5.73 Å². The van der Waals surface area contributed by atoms with E-state index in [1.165, 1.54) is 6.07 Å². The molecule has 0 saturated carbocycles. The summed E-state index contributed by atoms with van der Waals surface area (Å²) in [5, 5.41) is 10.8. The molecule has 2 N–H and O–H groups in total. The van der Waals surface area contributed by atoms with Crippen LogP contribution in [0.2, 0.25) is 0 Å². The maximum atomic E-state index is 10.8. The number of nitro benzene ring substituents is 1. The molecule has 0 saturated heterocycles. The lowest BCUT2D eigenvalue weighted by Gasteiger charge is -2.14. The van der Waals surface area contributed by atoms with E-state index in [0.717, 1.165) is 6.42 Å². The Hall–Kier alpha value is -1.13. The van der Waals surface area contributed by atoms with E-state index >= 15 is 0 Å². The van der Waals surface area contributed by atoms with Crippen molar-refractivity contribution in [2.24, 2.45) is 11.7 Å². The number of hydrogen-bond donors (Lipinski definition) is 1. The van der Waals surface area contributed by atoms with Crippen molar-refractivity contribution in [3.63, 3.8) is 0 Å². The average molecular weight is 245 g/mol. The van der Waals surface area contributed by atoms with E-state index in [1.807, 2.05) is 0 Å². The van der Waals surface area contributed by atoms with Gasteiger partial charge in [0.15, 0.2) is 0 Å². The molecule has 16 heavy (non-hydrogen) atoms. The first-order chi connectivity index (χ1) is 7.02. The molecule has 0 radical (unpaired) electrons. The number of hydrogen-bond acceptors (Lipinski definition) is 3. The number of para-hydroxylation sites is 1. The van der Waals surface area contributed by atoms with Gasteiger partial charge in [-0.05, 0) is 12.3 Å². The Morgan fingerprint density at radius 3 is 2.44 bits per heavy atom. The zero-order valence-corrected chi connectivity index (χ0v) is 10.2. The van der Waals surface area contributed by atoms with Gasteiger partial charge >= 0.3 is 0 Å². The fourth-order valence-electron chi connectivity index (χ4n) is 1.60. The molecule has 0 aromatic heterocycles. The fraction of sp³-hybridized carbons (Fsp3) is 0.455. The topological polar surface area (TPSA) is 69.2 Å². The third kappa shape index (κ3) is 3.79. The second-order valence-electron chi connectivity index (χ2n) is 4.05. The molecule has 4 nitrogen and oxygen atoms in total. The van der Waals surface area contributed by atoms with Crippen LogP contribution in [0.1, 0.15) is 31.9 Å². The molecule has 1 atom stereocenters. The molecule has 0 aliphatic heterocycles. The summed E-state index contributed by atoms with van der Waals surface area (Å²) in [4.78, 5) is 10.4. The summed E-state index contributed by atoms with van der Waals surface area (Å²) in [6, 6.07) is 6.40. The van der Waals surface area contributed by atoms with Crippen molar-refractivity contribution in [1.29, 1.82) is 0 Å². The van der Waals surface area contributed by atoms with Crippen LogP contribution in [0.25, 0.3) is 0 Å². The highest BCUT2D eigenvalue weighted by Crippen LogP contribution is 2.27. The summed E-state index contributed by atoms with van der Waals surface area (Å²) >= 11 is 0. The first-order valence-corrected chi connectivity index (χ1v) is 5.01. The largest absolute Gasteiger partial charge is 0.324 e. The Labute approximate surface area is 101 Å². The molecule has 0 aliphatic carbocycles. The van der Waals surface area contributed by atoms with Crippen LogP contribution in [0.4, 0.5) is 5.69 Å². The second-order valence-corrected chi connectivity index (χ2v) is 4.05. The Morgan fingerprint density at radius 1 is 1.38 bits per heavy atom. The monoisotopic (exact) mass is 244 g/mol. The van der Waals surface area contributed by atoms with E-state index in [-0.39, 0.29) is 29.1 Å². The van der Waals surface area contributed by atoms with Crippen molar-refractivity contribution in [1.82, 2.24) is 0 Å². The molecule has 0 unspecified atom stereocenters. The van der Waals surface area contributed by atoms with Crippen molar-refractivity contribution in [2.75, 3.05) is 0 Å². The van der Waals surface area contributed by atoms with E-state index in [9.17, 15) is 10.1 Å². The normalized spacial score (nSPS) is 12.0. The van der Waals surface area contributed by atoms with Gasteiger partial charge in [0.25, 0.3) is 5.69 Å². The first kappa shape index (κ1) is 14.9. The van der Waals surface area contributed by atoms with Crippen molar-refractivity contribution in [3.8, 4) is 0 Å². The van der Waals surface area contributed by atoms with Crippen LogP contribution in [-0.4, -0.2) is 4.92 Å². The van der Waals surface area contributed by atoms with Gasteiger partial charge in [0.05, 0.1) is 4.92 Å². The molecule has 0 fully saturated rings. The van der Waals surface area contributed by atoms with Gasteiger partial charge in [-0.15, -0.1) is 12.4 Å². The van der Waals surface area contributed by atoms with Crippen molar-refractivity contribution in [3.05, 3.63) is 39.9 Å². The number of halogens is 1. The molecule has 5 heteroatoms. The highest BCUT2D eigenvalue weighted by molar-refractivity contribution is 5.85. The summed E-state index contributed by atoms with van der Waals surface area (Å²) in [5.41, 5.74) is 6.67. The molecular weight excluding hydrogens is 228 g/mol. The van der Waals surface area contributed by atoms with Gasteiger partial charge in [-0.25, -0.2) is 0 Å². The summed E-state index contributed by atoms with van der Waals surface area (Å²) < 4.78 is 0. The summed E-state index contributed by atoms with van der Waals surface area (Å²) in [6.45, 7) is 4.10. The number of nitro groups is 1. The Morgan fingerprint density at radius 2 is 1.94 bits per heavy atom. The smallest absolute Gasteiger partial charge is 0.274 e. The van der Waals surface area contributed by atoms with Crippen LogP contribution in [0.15, 0.2) is 24.3 Å². The summed E-state index contributed by atoms with van der Waals surface area (Å²) in [6.07, 6.45) is 0.755. The third-order valence-electron chi connectivity index (χ3n) is 2.26. The standard InChI is InChI=1S/C11H16N2O2.ClH/c1-8(2)7-10(12)9-5-3-4-6-11(9)13(14)15;/h3-6,8,10H,7,12H2,1-2H3;1H/t10-;/m1./s1. The van der Waals surface area contributed by atoms with E-state index in [2.05, 4.69) is 13.8 Å². The molecule has 0 amide bonds. The quantitative estimate of drug-likeness (QED) is 0.654. The van der Waals surface area contributed by atoms with Crippen LogP contribution >= 0.6 is 12.4 Å². The Balaban J connectivity index is 0.00000225. The highest BCUT2D eigenvalue weighted by Gasteiger charge is 2.18. The molecule has 1 aromatic rings. The maximum absolute atomic E-state index is 10.8. The molecular formula is C11H17ClN2O2. The van der Waals surface area contributed by atoms with Crippen LogP contribution in [0.5, 0.6) is 0 Å². The summed E-state index contributed by atoms with van der Waals surface area (Å²) in [7, 11) is 0. The van der Waals surface area contributed by atoms with Gasteiger partial charge in [-0.3, -0.25) is 10.1 Å². The lowest BCUT2D eigenvalue weighted by Crippen LogP contribution is -2.14. The molecule has 0 spiro atoms. The lowest BCUT2D eigenvalue weighted by atomic mass is 9.97. The van der Waals surface area contributed by atoms with Gasteiger partial charge in [0.1, 0.15) is 0 Å². The number of nitrogens with zero attached hydrogens (tertiary/aromatic N) is 1. The van der Waals surface area contributed by atoms with E-state index < -0.39 is 0 Å². The number of rotatable bonds is 4. The third-order valence-corrected chi connectivity index (χ3v) is 2.26. The van der Waals surface area contributed by atoms with Gasteiger partial charge in [-0.1, -0.05) is 32.0 Å². The Kier molecular flexibility index (Phi) is 6.00. The average Bonchev–Trinajstić information content (AvgIpc) is 2.16. The van der Waals surface area contributed by atoms with E-state index in [1.54, 1.807) is 18.2 Å². The van der Waals surface area contributed by atoms with E-state index in [0.29, 0.717) is 11.5 Å². The predicted octanol–water partition coefficient (Wildman–Crippen LogP) is 3.06. The predicted molar refractivity (Wildman–Crippen MR) is 66.7 cm³/mol. The Bertz CT molecular complexity index is 356. The van der Waals surface area contributed by atoms with Crippen LogP contribution in [-0.2, 0) is 0 Å². The van der Waals surface area contributed by atoms with Crippen LogP contribution in [0, 0.1) is 16.0 Å². The molecule has 0 heterocycles. The zero-order chi connectivity index (χ0) is 11.4. The minimum Gasteiger partial charge on any atom is -0.324 e. The van der Waals surface area contributed by atoms with Gasteiger partial charge in [-0.2, -0.15) is 0 Å². The SMILES string of the molecule is CC(C)C[C@@H](N)c1ccccc1[N+](=O)[O-].Cl. The molecule has 90 valence electrons. The number of benzene rings is 1. The van der Waals surface area contributed by atoms with Crippen LogP contribution in [0.3, 0.4) is 0 Å². The lowest BCUT2D eigenvalue weighted by molar-refractivity contribution is -0.385. The minimum absolute atomic E-state index is 0. The van der Waals surface area contributed by atoms with Gasteiger partial charge in [0, 0.05) is 17.7 Å². The van der Waals surface area contributed by atoms with Crippen molar-refractivity contribution < 1.29 is 4.92 Å². The minimum atomic E-state index is -0.379. The molecule has 0 bridgehead atoms. The molecule has 1 aromatic carbocycles. The fourth-order valence-corrected chi connectivity index (χ4v) is 1.60. The summed E-state index contributed by atoms with van der Waals surface area (Å²) in [5.74, 6) is 0.430. The van der Waals surface area contributed by atoms with Crippen molar-refractivity contribution in [2.45, 2.75) is 26.3 Å². The maximum Gasteiger partial charge on any atom is 0.274 e. The highest BCUT2D eigenvalue weighted by atomic mass is 35.5. The first-order valence-electron chi connectivity index (χ1n) is 5.01. The van der Waals surface area contributed by atoms with Gasteiger partial charge in [0.2, 0.25) is 0 Å². The van der Waals surface area contributed by atoms with Gasteiger partial charge < -0.3 is 5.73 Å². The van der Waals surface area contributed by atoms with E-state index in [4.69, 9.17) is 5.73 Å². The van der Waals surface area contributed by atoms with Crippen molar-refractivity contribution >= 4 is 18.1 Å². The number of nitrogens with two attached hydrogens (primary N) is 1. The molecule has 1 rings (SSSR count).